The summed E-state index contributed by atoms with van der Waals surface area (Å²) in [5.74, 6) is 0. The summed E-state index contributed by atoms with van der Waals surface area (Å²) in [5.41, 5.74) is -0.289. The summed E-state index contributed by atoms with van der Waals surface area (Å²) in [6.07, 6.45) is 0. The molecule has 0 aliphatic heterocycles. The van der Waals surface area contributed by atoms with Gasteiger partial charge in [-0.15, -0.1) is 0 Å². The van der Waals surface area contributed by atoms with Crippen LogP contribution in [-0.4, -0.2) is 26.4 Å². The molecule has 0 fully saturated rings. The molecule has 0 heterocycles. The van der Waals surface area contributed by atoms with E-state index in [2.05, 4.69) is 0 Å². The summed E-state index contributed by atoms with van der Waals surface area (Å²) < 4.78 is 65.2. The Morgan fingerprint density at radius 3 is 2.09 bits per heavy atom. The molecule has 0 atom stereocenters. The number of nitrogens with zero attached hydrogens (tertiary/aromatic N) is 1. The summed E-state index contributed by atoms with van der Waals surface area (Å²) in [4.78, 5) is 0. The molecule has 0 saturated carbocycles. The third kappa shape index (κ3) is 2.70. The number of para-hydroxylation sites is 1. The van der Waals surface area contributed by atoms with E-state index < -0.39 is 25.4 Å². The summed E-state index contributed by atoms with van der Waals surface area (Å²) in [6, 6.07) is 6.77. The second kappa shape index (κ2) is 3.51. The first kappa shape index (κ1) is 2.57. The molecule has 0 aromatic heterocycles. The molecular weight excluding hydrogens is 138 g/mol. The second-order valence-corrected chi connectivity index (χ2v) is 2.01. The molecule has 0 amide bonds. The second-order valence-electron chi connectivity index (χ2n) is 2.01. The Labute approximate surface area is 80.6 Å². The van der Waals surface area contributed by atoms with Crippen LogP contribution >= 0.6 is 0 Å². The van der Waals surface area contributed by atoms with Gasteiger partial charge in [-0.2, -0.15) is 0 Å². The van der Waals surface area contributed by atoms with Crippen LogP contribution < -0.4 is 4.48 Å². The zero-order valence-electron chi connectivity index (χ0n) is 14.8. The van der Waals surface area contributed by atoms with E-state index in [-0.39, 0.29) is 11.2 Å². The molecule has 0 unspecified atom stereocenters. The monoisotopic (exact) mass is 162 g/mol. The van der Waals surface area contributed by atoms with Gasteiger partial charge in [0.05, 0.1) is 33.3 Å². The van der Waals surface area contributed by atoms with E-state index in [1.54, 1.807) is 6.07 Å². The lowest BCUT2D eigenvalue weighted by Gasteiger charge is -2.22. The molecule has 0 saturated heterocycles. The van der Waals surface area contributed by atoms with Crippen molar-refractivity contribution in [1.29, 1.82) is 0 Å². The third-order valence-electron chi connectivity index (χ3n) is 1.14. The first-order chi connectivity index (χ1) is 8.36. The van der Waals surface area contributed by atoms with Crippen LogP contribution in [0.4, 0.5) is 5.69 Å². The fourth-order valence-corrected chi connectivity index (χ4v) is 0.652. The van der Waals surface area contributed by atoms with Crippen LogP contribution in [0.3, 0.4) is 0 Å². The Bertz CT molecular complexity index is 397. The summed E-state index contributed by atoms with van der Waals surface area (Å²) in [7, 11) is 0. The lowest BCUT2D eigenvalue weighted by Crippen LogP contribution is -2.34. The van der Waals surface area contributed by atoms with Crippen molar-refractivity contribution >= 4 is 5.69 Å². The highest BCUT2D eigenvalue weighted by atomic mass is 16.0. The molecular formula is C9H15NO. The molecule has 1 aromatic rings. The van der Waals surface area contributed by atoms with Gasteiger partial charge < -0.3 is 5.48 Å². The third-order valence-corrected chi connectivity index (χ3v) is 1.14. The van der Waals surface area contributed by atoms with E-state index in [9.17, 15) is 0 Å². The lowest BCUT2D eigenvalue weighted by molar-refractivity contribution is 0.486. The van der Waals surface area contributed by atoms with Crippen LogP contribution in [-0.2, 0) is 0 Å². The Hall–Kier alpha value is -0.860. The topological polar surface area (TPSA) is 30.0 Å². The first-order valence-electron chi connectivity index (χ1n) is 7.31. The van der Waals surface area contributed by atoms with Gasteiger partial charge in [0, 0.05) is 0 Å². The fourth-order valence-electron chi connectivity index (χ4n) is 0.652. The van der Waals surface area contributed by atoms with Crippen LogP contribution in [0.15, 0.2) is 30.3 Å². The van der Waals surface area contributed by atoms with E-state index in [1.165, 1.54) is 24.3 Å². The maximum atomic E-state index is 7.47. The van der Waals surface area contributed by atoms with Crippen molar-refractivity contribution < 1.29 is 17.8 Å². The molecule has 0 spiro atoms. The van der Waals surface area contributed by atoms with Crippen LogP contribution in [0.5, 0.6) is 0 Å². The fraction of sp³-hybridized carbons (Fsp3) is 0.333. The molecule has 1 N–H and O–H groups in total. The molecule has 2 nitrogen and oxygen atoms in total. The molecule has 0 aliphatic carbocycles. The Morgan fingerprint density at radius 2 is 1.64 bits per heavy atom. The van der Waals surface area contributed by atoms with Gasteiger partial charge in [0.15, 0.2) is 0 Å². The van der Waals surface area contributed by atoms with Gasteiger partial charge in [-0.3, -0.25) is 4.48 Å². The molecule has 0 aliphatic rings. The average molecular weight is 162 g/mol. The quantitative estimate of drug-likeness (QED) is 0.578. The van der Waals surface area contributed by atoms with Crippen molar-refractivity contribution in [1.82, 2.24) is 4.48 Å². The smallest absolute Gasteiger partial charge is 0.132 e. The predicted molar refractivity (Wildman–Crippen MR) is 47.9 cm³/mol. The van der Waals surface area contributed by atoms with Gasteiger partial charge >= 0.3 is 0 Å². The maximum absolute atomic E-state index is 7.47. The number of hydrogen-bond donors (Lipinski definition) is 0. The first-order valence-corrected chi connectivity index (χ1v) is 2.81. The van der Waals surface area contributed by atoms with Crippen LogP contribution in [0, 0.1) is 0 Å². The van der Waals surface area contributed by atoms with Gasteiger partial charge in [-0.25, -0.2) is 0 Å². The highest BCUT2D eigenvalue weighted by Crippen LogP contribution is 2.14. The SMILES string of the molecule is [2H]C([2H])([2H])[N+](c1ccccc1)(C([2H])([2H])[2H])C([2H])([2H])[2H].[OH-]. The largest absolute Gasteiger partial charge is 0.870 e. The molecule has 0 radical (unpaired) electrons. The molecule has 1 aromatic carbocycles. The predicted octanol–water partition coefficient (Wildman–Crippen LogP) is 1.71. The normalized spacial score (nSPS) is 26.0. The minimum Gasteiger partial charge on any atom is -0.870 e. The number of quaternary nitrogens is 1. The van der Waals surface area contributed by atoms with Crippen molar-refractivity contribution in [2.45, 2.75) is 0 Å². The average Bonchev–Trinajstić information content (AvgIpc) is 2.12. The molecule has 0 bridgehead atoms. The van der Waals surface area contributed by atoms with Crippen LogP contribution in [0.2, 0.25) is 0 Å². The summed E-state index contributed by atoms with van der Waals surface area (Å²) in [6.45, 7) is -9.76. The van der Waals surface area contributed by atoms with Crippen LogP contribution in [0.1, 0.15) is 12.3 Å². The van der Waals surface area contributed by atoms with Crippen molar-refractivity contribution in [2.75, 3.05) is 20.9 Å². The zero-order valence-corrected chi connectivity index (χ0v) is 5.78. The van der Waals surface area contributed by atoms with Crippen LogP contribution in [0.25, 0.3) is 0 Å². The minimum absolute atomic E-state index is 0. The van der Waals surface area contributed by atoms with Gasteiger partial charge in [0.2, 0.25) is 0 Å². The van der Waals surface area contributed by atoms with Crippen molar-refractivity contribution in [3.8, 4) is 0 Å². The van der Waals surface area contributed by atoms with E-state index in [4.69, 9.17) is 12.3 Å². The summed E-state index contributed by atoms with van der Waals surface area (Å²) in [5, 5.41) is 0. The standard InChI is InChI=1S/C9H14N.H2O/c1-10(2,3)9-7-5-4-6-8-9;/h4-8H,1-3H3;1H2/q+1;/p-1/i1D3,2D3,3D3;. The highest BCUT2D eigenvalue weighted by Gasteiger charge is 2.08. The van der Waals surface area contributed by atoms with Crippen molar-refractivity contribution in [2.24, 2.45) is 0 Å². The molecule has 11 heavy (non-hydrogen) atoms. The van der Waals surface area contributed by atoms with Gasteiger partial charge in [0.25, 0.3) is 0 Å². The number of hydrogen-bond acceptors (Lipinski definition) is 1. The van der Waals surface area contributed by atoms with Crippen molar-refractivity contribution in [3.05, 3.63) is 30.3 Å². The number of benzene rings is 1. The summed E-state index contributed by atoms with van der Waals surface area (Å²) >= 11 is 0. The van der Waals surface area contributed by atoms with E-state index >= 15 is 0 Å². The number of rotatable bonds is 1. The maximum Gasteiger partial charge on any atom is 0.132 e. The van der Waals surface area contributed by atoms with E-state index in [0.29, 0.717) is 0 Å². The van der Waals surface area contributed by atoms with Gasteiger partial charge in [-0.1, -0.05) is 18.2 Å². The van der Waals surface area contributed by atoms with E-state index in [0.717, 1.165) is 0 Å². The molecule has 1 rings (SSSR count). The van der Waals surface area contributed by atoms with E-state index in [1.807, 2.05) is 0 Å². The van der Waals surface area contributed by atoms with Gasteiger partial charge in [-0.05, 0) is 12.1 Å². The molecule has 2 heteroatoms. The lowest BCUT2D eigenvalue weighted by atomic mass is 10.3. The zero-order chi connectivity index (χ0) is 15.1. The van der Waals surface area contributed by atoms with Crippen molar-refractivity contribution in [3.63, 3.8) is 0 Å². The minimum atomic E-state index is -3.25. The Morgan fingerprint density at radius 1 is 1.09 bits per heavy atom. The van der Waals surface area contributed by atoms with Gasteiger partial charge in [0.1, 0.15) is 5.69 Å². The Balaban J connectivity index is 0.00000361. The highest BCUT2D eigenvalue weighted by molar-refractivity contribution is 5.40. The molecule has 62 valence electrons. The Kier molecular flexibility index (Phi) is 0.821.